The van der Waals surface area contributed by atoms with Gasteiger partial charge in [-0.1, -0.05) is 31.5 Å². The summed E-state index contributed by atoms with van der Waals surface area (Å²) in [6.07, 6.45) is 3.24. The molecule has 6 nitrogen and oxygen atoms in total. The van der Waals surface area contributed by atoms with Crippen molar-refractivity contribution in [2.24, 2.45) is 0 Å². The second kappa shape index (κ2) is 10.5. The van der Waals surface area contributed by atoms with Crippen LogP contribution in [0.4, 0.5) is 5.69 Å². The molecule has 7 heteroatoms. The highest BCUT2D eigenvalue weighted by molar-refractivity contribution is 7.92. The minimum atomic E-state index is -3.64. The molecule has 164 valence electrons. The predicted octanol–water partition coefficient (Wildman–Crippen LogP) is 3.61. The van der Waals surface area contributed by atoms with E-state index in [0.29, 0.717) is 12.3 Å². The van der Waals surface area contributed by atoms with E-state index in [2.05, 4.69) is 12.2 Å². The minimum Gasteiger partial charge on any atom is -0.492 e. The number of aryl methyl sites for hydroxylation is 3. The van der Waals surface area contributed by atoms with Gasteiger partial charge < -0.3 is 10.1 Å². The van der Waals surface area contributed by atoms with Crippen molar-refractivity contribution in [2.45, 2.75) is 46.6 Å². The molecule has 0 heterocycles. The number of benzene rings is 2. The molecule has 0 fully saturated rings. The Hall–Kier alpha value is -2.54. The molecule has 0 bridgehead atoms. The van der Waals surface area contributed by atoms with Crippen molar-refractivity contribution in [3.8, 4) is 5.75 Å². The second-order valence-electron chi connectivity index (χ2n) is 7.61. The van der Waals surface area contributed by atoms with Gasteiger partial charge in [0.05, 0.1) is 18.5 Å². The fourth-order valence-corrected chi connectivity index (χ4v) is 4.58. The van der Waals surface area contributed by atoms with Crippen molar-refractivity contribution in [1.82, 2.24) is 5.32 Å². The molecule has 2 rings (SSSR count). The van der Waals surface area contributed by atoms with E-state index in [0.717, 1.165) is 40.3 Å². The fourth-order valence-electron chi connectivity index (χ4n) is 3.42. The Labute approximate surface area is 180 Å². The Balaban J connectivity index is 1.97. The maximum atomic E-state index is 12.6. The van der Waals surface area contributed by atoms with E-state index in [-0.39, 0.29) is 12.5 Å². The number of amides is 1. The maximum Gasteiger partial charge on any atom is 0.243 e. The molecule has 0 saturated heterocycles. The van der Waals surface area contributed by atoms with E-state index in [1.54, 1.807) is 19.1 Å². The number of sulfonamides is 1. The molecule has 0 aromatic heterocycles. The van der Waals surface area contributed by atoms with Crippen LogP contribution in [0.25, 0.3) is 0 Å². The van der Waals surface area contributed by atoms with Gasteiger partial charge in [-0.3, -0.25) is 9.10 Å². The number of nitrogens with zero attached hydrogens (tertiary/aromatic N) is 1. The number of carbonyl (C=O) groups is 1. The zero-order valence-corrected chi connectivity index (χ0v) is 19.3. The number of rotatable bonds is 10. The predicted molar refractivity (Wildman–Crippen MR) is 122 cm³/mol. The number of carbonyl (C=O) groups excluding carboxylic acids is 1. The molecular formula is C23H32N2O4S. The van der Waals surface area contributed by atoms with Gasteiger partial charge in [0.2, 0.25) is 15.9 Å². The Bertz CT molecular complexity index is 935. The van der Waals surface area contributed by atoms with Gasteiger partial charge in [-0.25, -0.2) is 8.42 Å². The lowest BCUT2D eigenvalue weighted by Crippen LogP contribution is -2.48. The smallest absolute Gasteiger partial charge is 0.243 e. The highest BCUT2D eigenvalue weighted by Gasteiger charge is 2.29. The van der Waals surface area contributed by atoms with E-state index in [1.807, 2.05) is 44.2 Å². The van der Waals surface area contributed by atoms with Crippen LogP contribution >= 0.6 is 0 Å². The molecule has 1 atom stereocenters. The number of anilines is 1. The zero-order chi connectivity index (χ0) is 22.3. The van der Waals surface area contributed by atoms with Gasteiger partial charge in [-0.2, -0.15) is 0 Å². The van der Waals surface area contributed by atoms with E-state index in [4.69, 9.17) is 4.74 Å². The van der Waals surface area contributed by atoms with E-state index >= 15 is 0 Å². The van der Waals surface area contributed by atoms with Crippen molar-refractivity contribution < 1.29 is 17.9 Å². The van der Waals surface area contributed by atoms with Crippen LogP contribution < -0.4 is 14.4 Å². The molecular weight excluding hydrogens is 400 g/mol. The Morgan fingerprint density at radius 2 is 1.70 bits per heavy atom. The normalized spacial score (nSPS) is 12.3. The van der Waals surface area contributed by atoms with Crippen LogP contribution in [0.5, 0.6) is 5.75 Å². The molecule has 0 aliphatic rings. The summed E-state index contributed by atoms with van der Waals surface area (Å²) in [5.74, 6) is 0.367. The van der Waals surface area contributed by atoms with Gasteiger partial charge >= 0.3 is 0 Å². The van der Waals surface area contributed by atoms with Crippen molar-refractivity contribution >= 4 is 21.6 Å². The second-order valence-corrected chi connectivity index (χ2v) is 9.47. The van der Waals surface area contributed by atoms with Gasteiger partial charge in [0, 0.05) is 0 Å². The number of hydrogen-bond acceptors (Lipinski definition) is 4. The van der Waals surface area contributed by atoms with E-state index in [1.165, 1.54) is 5.56 Å². The summed E-state index contributed by atoms with van der Waals surface area (Å²) in [6, 6.07) is 12.5. The lowest BCUT2D eigenvalue weighted by molar-refractivity contribution is -0.121. The van der Waals surface area contributed by atoms with E-state index in [9.17, 15) is 13.2 Å². The average molecular weight is 433 g/mol. The lowest BCUT2D eigenvalue weighted by Gasteiger charge is -2.28. The number of ether oxygens (including phenoxy) is 1. The SMILES string of the molecule is CCCc1ccc(OCCNC(=O)[C@H](C)N(c2cc(C)cc(C)c2)S(C)(=O)=O)cc1. The number of nitrogens with one attached hydrogen (secondary N) is 1. The lowest BCUT2D eigenvalue weighted by atomic mass is 10.1. The first kappa shape index (κ1) is 23.7. The molecule has 0 unspecified atom stereocenters. The van der Waals surface area contributed by atoms with Crippen molar-refractivity contribution in [3.63, 3.8) is 0 Å². The molecule has 0 aliphatic heterocycles. The quantitative estimate of drug-likeness (QED) is 0.582. The van der Waals surface area contributed by atoms with Gasteiger partial charge in [0.15, 0.2) is 0 Å². The van der Waals surface area contributed by atoms with Crippen LogP contribution in [0, 0.1) is 13.8 Å². The first-order chi connectivity index (χ1) is 14.1. The van der Waals surface area contributed by atoms with Gasteiger partial charge in [0.25, 0.3) is 0 Å². The highest BCUT2D eigenvalue weighted by Crippen LogP contribution is 2.24. The summed E-state index contributed by atoms with van der Waals surface area (Å²) in [5, 5.41) is 2.77. The maximum absolute atomic E-state index is 12.6. The zero-order valence-electron chi connectivity index (χ0n) is 18.4. The molecule has 0 saturated carbocycles. The van der Waals surface area contributed by atoms with Crippen molar-refractivity contribution in [1.29, 1.82) is 0 Å². The Morgan fingerprint density at radius 1 is 1.10 bits per heavy atom. The van der Waals surface area contributed by atoms with Gasteiger partial charge in [-0.15, -0.1) is 0 Å². The molecule has 1 N–H and O–H groups in total. The number of hydrogen-bond donors (Lipinski definition) is 1. The first-order valence-electron chi connectivity index (χ1n) is 10.2. The van der Waals surface area contributed by atoms with Crippen LogP contribution in [0.3, 0.4) is 0 Å². The molecule has 0 aliphatic carbocycles. The topological polar surface area (TPSA) is 75.7 Å². The van der Waals surface area contributed by atoms with Crippen LogP contribution in [-0.4, -0.2) is 39.8 Å². The molecule has 2 aromatic carbocycles. The third-order valence-electron chi connectivity index (χ3n) is 4.68. The van der Waals surface area contributed by atoms with Gasteiger partial charge in [-0.05, 0) is 68.1 Å². The largest absolute Gasteiger partial charge is 0.492 e. The van der Waals surface area contributed by atoms with Crippen LogP contribution in [0.2, 0.25) is 0 Å². The third kappa shape index (κ3) is 6.76. The minimum absolute atomic E-state index is 0.282. The summed E-state index contributed by atoms with van der Waals surface area (Å²) in [4.78, 5) is 12.6. The highest BCUT2D eigenvalue weighted by atomic mass is 32.2. The summed E-state index contributed by atoms with van der Waals surface area (Å²) < 4.78 is 31.7. The summed E-state index contributed by atoms with van der Waals surface area (Å²) >= 11 is 0. The molecule has 1 amide bonds. The summed E-state index contributed by atoms with van der Waals surface area (Å²) in [6.45, 7) is 8.10. The fraction of sp³-hybridized carbons (Fsp3) is 0.435. The first-order valence-corrected chi connectivity index (χ1v) is 12.0. The Morgan fingerprint density at radius 3 is 2.23 bits per heavy atom. The van der Waals surface area contributed by atoms with Crippen molar-refractivity contribution in [2.75, 3.05) is 23.7 Å². The van der Waals surface area contributed by atoms with Crippen LogP contribution in [-0.2, 0) is 21.2 Å². The third-order valence-corrected chi connectivity index (χ3v) is 5.92. The molecule has 2 aromatic rings. The summed E-state index contributed by atoms with van der Waals surface area (Å²) in [7, 11) is -3.64. The van der Waals surface area contributed by atoms with Gasteiger partial charge in [0.1, 0.15) is 18.4 Å². The Kier molecular flexibility index (Phi) is 8.29. The average Bonchev–Trinajstić information content (AvgIpc) is 2.64. The molecule has 0 spiro atoms. The standard InChI is InChI=1S/C23H32N2O4S/c1-6-7-20-8-10-22(11-9-20)29-13-12-24-23(26)19(4)25(30(5,27)28)21-15-17(2)14-18(3)16-21/h8-11,14-16,19H,6-7,12-13H2,1-5H3,(H,24,26)/t19-/m0/s1. The summed E-state index contributed by atoms with van der Waals surface area (Å²) in [5.41, 5.74) is 3.62. The molecule has 30 heavy (non-hydrogen) atoms. The van der Waals surface area contributed by atoms with Crippen LogP contribution in [0.1, 0.15) is 37.0 Å². The van der Waals surface area contributed by atoms with Crippen LogP contribution in [0.15, 0.2) is 42.5 Å². The van der Waals surface area contributed by atoms with Crippen molar-refractivity contribution in [3.05, 3.63) is 59.2 Å². The monoisotopic (exact) mass is 432 g/mol. The molecule has 0 radical (unpaired) electrons. The van der Waals surface area contributed by atoms with E-state index < -0.39 is 16.1 Å².